The average molecular weight is 545 g/mol. The second-order valence-electron chi connectivity index (χ2n) is 8.97. The SMILES string of the molecule is CCCCSc1nc([O-])c2[n+](n1)C(c1ccc(-c3ccc(C(=O)OCC)cc3)o1)N(C(C)=O)c1ccccc1-2. The number of esters is 1. The molecule has 1 atom stereocenters. The Balaban J connectivity index is 1.60. The first kappa shape index (κ1) is 26.4. The predicted octanol–water partition coefficient (Wildman–Crippen LogP) is 4.75. The molecule has 0 aliphatic carbocycles. The number of unbranched alkanes of at least 4 members (excludes halogenated alkanes) is 1. The molecule has 0 radical (unpaired) electrons. The van der Waals surface area contributed by atoms with Gasteiger partial charge in [0, 0.05) is 23.3 Å². The molecule has 0 fully saturated rings. The number of thioether (sulfide) groups is 1. The third-order valence-corrected chi connectivity index (χ3v) is 7.27. The summed E-state index contributed by atoms with van der Waals surface area (Å²) < 4.78 is 12.9. The van der Waals surface area contributed by atoms with E-state index in [1.54, 1.807) is 65.0 Å². The number of benzene rings is 2. The standard InChI is InChI=1S/C29H28N4O5S/c1-4-6-17-39-29-30-26(35)25-21-9-7-8-10-22(21)32(18(3)34)27(33(25)31-29)24-16-15-23(38-24)19-11-13-20(14-12-19)28(36)37-5-2/h7-16,27H,4-6,17H2,1-3H3. The second-order valence-corrected chi connectivity index (χ2v) is 10.0. The van der Waals surface area contributed by atoms with E-state index in [1.165, 1.54) is 18.7 Å². The van der Waals surface area contributed by atoms with Gasteiger partial charge in [-0.15, -0.1) is 0 Å². The van der Waals surface area contributed by atoms with Crippen LogP contribution < -0.4 is 14.7 Å². The van der Waals surface area contributed by atoms with Gasteiger partial charge < -0.3 is 14.3 Å². The number of rotatable bonds is 8. The molecule has 200 valence electrons. The van der Waals surface area contributed by atoms with Crippen molar-refractivity contribution in [2.75, 3.05) is 17.3 Å². The molecule has 1 unspecified atom stereocenters. The highest BCUT2D eigenvalue weighted by molar-refractivity contribution is 7.99. The van der Waals surface area contributed by atoms with Crippen LogP contribution in [0.4, 0.5) is 5.69 Å². The Hall–Kier alpha value is -4.18. The minimum Gasteiger partial charge on any atom is -0.854 e. The summed E-state index contributed by atoms with van der Waals surface area (Å²) >= 11 is 1.41. The van der Waals surface area contributed by atoms with E-state index < -0.39 is 18.0 Å². The molecule has 2 aromatic carbocycles. The van der Waals surface area contributed by atoms with Crippen LogP contribution in [0.2, 0.25) is 0 Å². The van der Waals surface area contributed by atoms with Gasteiger partial charge in [-0.3, -0.25) is 4.79 Å². The smallest absolute Gasteiger partial charge is 0.338 e. The molecule has 0 bridgehead atoms. The monoisotopic (exact) mass is 544 g/mol. The molecule has 4 aromatic rings. The van der Waals surface area contributed by atoms with Crippen molar-refractivity contribution in [2.45, 2.75) is 44.9 Å². The number of carbonyl (C=O) groups is 2. The fraction of sp³-hybridized carbons (Fsp3) is 0.276. The van der Waals surface area contributed by atoms with Crippen LogP contribution in [-0.2, 0) is 9.53 Å². The molecule has 5 rings (SSSR count). The maximum atomic E-state index is 13.3. The van der Waals surface area contributed by atoms with E-state index >= 15 is 0 Å². The van der Waals surface area contributed by atoms with Gasteiger partial charge in [0.1, 0.15) is 5.76 Å². The second kappa shape index (κ2) is 11.3. The van der Waals surface area contributed by atoms with Crippen LogP contribution in [0.15, 0.2) is 70.2 Å². The number of carbonyl (C=O) groups excluding carboxylic acids is 2. The maximum Gasteiger partial charge on any atom is 0.338 e. The van der Waals surface area contributed by atoms with Crippen molar-refractivity contribution in [3.63, 3.8) is 0 Å². The highest BCUT2D eigenvalue weighted by atomic mass is 32.2. The lowest BCUT2D eigenvalue weighted by Crippen LogP contribution is -2.58. The van der Waals surface area contributed by atoms with Crippen molar-refractivity contribution >= 4 is 29.3 Å². The lowest BCUT2D eigenvalue weighted by Gasteiger charge is -2.31. The highest BCUT2D eigenvalue weighted by Crippen LogP contribution is 2.41. The highest BCUT2D eigenvalue weighted by Gasteiger charge is 2.45. The van der Waals surface area contributed by atoms with Gasteiger partial charge in [0.2, 0.25) is 5.91 Å². The van der Waals surface area contributed by atoms with E-state index in [-0.39, 0.29) is 5.91 Å². The maximum absolute atomic E-state index is 13.3. The van der Waals surface area contributed by atoms with Crippen LogP contribution in [-0.4, -0.2) is 34.3 Å². The van der Waals surface area contributed by atoms with Crippen molar-refractivity contribution in [1.82, 2.24) is 10.1 Å². The fourth-order valence-electron chi connectivity index (χ4n) is 4.53. The third-order valence-electron chi connectivity index (χ3n) is 6.35. The van der Waals surface area contributed by atoms with E-state index in [9.17, 15) is 14.7 Å². The Bertz CT molecular complexity index is 1520. The Morgan fingerprint density at radius 2 is 1.87 bits per heavy atom. The molecule has 0 N–H and O–H groups in total. The van der Waals surface area contributed by atoms with E-state index in [0.717, 1.165) is 24.2 Å². The summed E-state index contributed by atoms with van der Waals surface area (Å²) in [6.07, 6.45) is 1.15. The average Bonchev–Trinajstić information content (AvgIpc) is 3.42. The molecule has 39 heavy (non-hydrogen) atoms. The Labute approximate surface area is 230 Å². The van der Waals surface area contributed by atoms with E-state index in [1.807, 2.05) is 12.1 Å². The van der Waals surface area contributed by atoms with Crippen LogP contribution in [0.25, 0.3) is 22.6 Å². The molecule has 3 heterocycles. The molecule has 0 saturated heterocycles. The molecular formula is C29H28N4O5S. The molecule has 1 amide bonds. The molecule has 9 nitrogen and oxygen atoms in total. The van der Waals surface area contributed by atoms with Gasteiger partial charge in [-0.2, -0.15) is 0 Å². The summed E-state index contributed by atoms with van der Waals surface area (Å²) in [6.45, 7) is 5.63. The van der Waals surface area contributed by atoms with Crippen LogP contribution in [0, 0.1) is 0 Å². The van der Waals surface area contributed by atoms with Crippen molar-refractivity contribution in [2.24, 2.45) is 0 Å². The first-order chi connectivity index (χ1) is 18.9. The number of furan rings is 1. The third kappa shape index (κ3) is 5.12. The number of hydrogen-bond donors (Lipinski definition) is 0. The summed E-state index contributed by atoms with van der Waals surface area (Å²) in [5, 5.41) is 18.4. The lowest BCUT2D eigenvalue weighted by molar-refractivity contribution is -0.765. The van der Waals surface area contributed by atoms with Crippen molar-refractivity contribution in [3.8, 4) is 28.5 Å². The van der Waals surface area contributed by atoms with Crippen LogP contribution in [0.3, 0.4) is 0 Å². The van der Waals surface area contributed by atoms with Crippen molar-refractivity contribution in [1.29, 1.82) is 0 Å². The predicted molar refractivity (Wildman–Crippen MR) is 144 cm³/mol. The number of fused-ring (bicyclic) bond motifs is 3. The van der Waals surface area contributed by atoms with E-state index in [2.05, 4.69) is 11.9 Å². The lowest BCUT2D eigenvalue weighted by atomic mass is 10.0. The summed E-state index contributed by atoms with van der Waals surface area (Å²) in [5.74, 6) is 0.715. The van der Waals surface area contributed by atoms with Crippen LogP contribution in [0.5, 0.6) is 5.88 Å². The zero-order valence-electron chi connectivity index (χ0n) is 21.9. The number of anilines is 1. The number of nitrogens with zero attached hydrogens (tertiary/aromatic N) is 4. The zero-order chi connectivity index (χ0) is 27.5. The molecule has 10 heteroatoms. The minimum atomic E-state index is -0.832. The first-order valence-electron chi connectivity index (χ1n) is 12.8. The van der Waals surface area contributed by atoms with Crippen molar-refractivity contribution < 1.29 is 28.5 Å². The molecule has 0 saturated carbocycles. The zero-order valence-corrected chi connectivity index (χ0v) is 22.7. The normalized spacial score (nSPS) is 14.0. The minimum absolute atomic E-state index is 0.228. The Morgan fingerprint density at radius 1 is 1.10 bits per heavy atom. The molecule has 1 aliphatic rings. The van der Waals surface area contributed by atoms with Gasteiger partial charge in [-0.25, -0.2) is 14.7 Å². The summed E-state index contributed by atoms with van der Waals surface area (Å²) in [7, 11) is 0. The summed E-state index contributed by atoms with van der Waals surface area (Å²) in [5.41, 5.74) is 2.65. The summed E-state index contributed by atoms with van der Waals surface area (Å²) in [6, 6.07) is 17.7. The Morgan fingerprint density at radius 3 is 2.59 bits per heavy atom. The number of ether oxygens (including phenoxy) is 1. The van der Waals surface area contributed by atoms with Gasteiger partial charge >= 0.3 is 12.1 Å². The van der Waals surface area contributed by atoms with Gasteiger partial charge in [0.05, 0.1) is 29.3 Å². The van der Waals surface area contributed by atoms with Crippen LogP contribution >= 0.6 is 11.8 Å². The van der Waals surface area contributed by atoms with Gasteiger partial charge in [0.15, 0.2) is 5.76 Å². The first-order valence-corrected chi connectivity index (χ1v) is 13.8. The quantitative estimate of drug-likeness (QED) is 0.135. The van der Waals surface area contributed by atoms with Crippen LogP contribution in [0.1, 0.15) is 55.9 Å². The number of amides is 1. The molecule has 0 spiro atoms. The number of hydrogen-bond acceptors (Lipinski definition) is 8. The fourth-order valence-corrected chi connectivity index (χ4v) is 5.44. The van der Waals surface area contributed by atoms with E-state index in [0.29, 0.717) is 45.8 Å². The number of aromatic nitrogens is 3. The number of para-hydroxylation sites is 1. The Kier molecular flexibility index (Phi) is 7.65. The molecule has 1 aliphatic heterocycles. The van der Waals surface area contributed by atoms with Crippen molar-refractivity contribution in [3.05, 3.63) is 72.0 Å². The largest absolute Gasteiger partial charge is 0.854 e. The van der Waals surface area contributed by atoms with Gasteiger partial charge in [-0.1, -0.05) is 49.4 Å². The van der Waals surface area contributed by atoms with Gasteiger partial charge in [-0.05, 0) is 54.4 Å². The molecule has 2 aromatic heterocycles. The summed E-state index contributed by atoms with van der Waals surface area (Å²) in [4.78, 5) is 30.9. The topological polar surface area (TPSA) is 112 Å². The van der Waals surface area contributed by atoms with E-state index in [4.69, 9.17) is 14.3 Å². The van der Waals surface area contributed by atoms with Gasteiger partial charge in [0.25, 0.3) is 10.9 Å². The molecular weight excluding hydrogens is 516 g/mol.